The number of amides is 1. The van der Waals surface area contributed by atoms with Crippen molar-refractivity contribution in [3.8, 4) is 6.07 Å². The van der Waals surface area contributed by atoms with Gasteiger partial charge in [-0.2, -0.15) is 5.26 Å². The Balaban J connectivity index is 1.41. The summed E-state index contributed by atoms with van der Waals surface area (Å²) in [7, 11) is 2.15. The van der Waals surface area contributed by atoms with Gasteiger partial charge in [-0.05, 0) is 31.5 Å². The third-order valence-corrected chi connectivity index (χ3v) is 6.42. The topological polar surface area (TPSA) is 88.4 Å². The lowest BCUT2D eigenvalue weighted by atomic mass is 9.89. The summed E-state index contributed by atoms with van der Waals surface area (Å²) in [5.41, 5.74) is 2.82. The lowest BCUT2D eigenvalue weighted by molar-refractivity contribution is -0.125. The van der Waals surface area contributed by atoms with E-state index in [-0.39, 0.29) is 11.8 Å². The van der Waals surface area contributed by atoms with Crippen molar-refractivity contribution in [2.45, 2.75) is 13.3 Å². The Morgan fingerprint density at radius 3 is 2.65 bits per heavy atom. The molecule has 2 aliphatic heterocycles. The van der Waals surface area contributed by atoms with Crippen molar-refractivity contribution < 1.29 is 4.79 Å². The van der Waals surface area contributed by atoms with Gasteiger partial charge in [-0.25, -0.2) is 0 Å². The van der Waals surface area contributed by atoms with Crippen LogP contribution in [0.2, 0.25) is 0 Å². The highest BCUT2D eigenvalue weighted by molar-refractivity contribution is 5.92. The molecule has 2 aliphatic rings. The van der Waals surface area contributed by atoms with Gasteiger partial charge in [0.05, 0.1) is 17.2 Å². The molecule has 31 heavy (non-hydrogen) atoms. The number of carbonyl (C=O) groups is 1. The molecular weight excluding hydrogens is 390 g/mol. The molecule has 4 rings (SSSR count). The third-order valence-electron chi connectivity index (χ3n) is 6.42. The van der Waals surface area contributed by atoms with Crippen LogP contribution >= 0.6 is 0 Å². The van der Waals surface area contributed by atoms with E-state index in [0.717, 1.165) is 56.9 Å². The summed E-state index contributed by atoms with van der Waals surface area (Å²) in [6, 6.07) is 5.94. The van der Waals surface area contributed by atoms with E-state index < -0.39 is 0 Å². The summed E-state index contributed by atoms with van der Waals surface area (Å²) < 4.78 is 0. The highest BCUT2D eigenvalue weighted by Gasteiger charge is 2.31. The summed E-state index contributed by atoms with van der Waals surface area (Å²) in [5, 5.41) is 12.6. The number of nitrogens with one attached hydrogen (secondary N) is 1. The van der Waals surface area contributed by atoms with Gasteiger partial charge in [-0.1, -0.05) is 6.92 Å². The number of aromatic nitrogens is 2. The second-order valence-electron chi connectivity index (χ2n) is 8.88. The molecule has 1 N–H and O–H groups in total. The van der Waals surface area contributed by atoms with Gasteiger partial charge >= 0.3 is 0 Å². The van der Waals surface area contributed by atoms with Crippen molar-refractivity contribution in [2.24, 2.45) is 11.8 Å². The number of piperidine rings is 1. The Hall–Kier alpha value is -2.76. The first-order chi connectivity index (χ1) is 15.0. The van der Waals surface area contributed by atoms with Gasteiger partial charge in [0.25, 0.3) is 0 Å². The van der Waals surface area contributed by atoms with Crippen LogP contribution in [0, 0.1) is 23.2 Å². The molecule has 1 amide bonds. The molecule has 1 aromatic carbocycles. The monoisotopic (exact) mass is 421 g/mol. The van der Waals surface area contributed by atoms with E-state index in [0.29, 0.717) is 30.1 Å². The van der Waals surface area contributed by atoms with E-state index in [2.05, 4.69) is 50.0 Å². The van der Waals surface area contributed by atoms with Crippen LogP contribution in [0.25, 0.3) is 11.0 Å². The molecule has 8 nitrogen and oxygen atoms in total. The number of benzene rings is 1. The molecule has 1 aromatic heterocycles. The molecule has 0 spiro atoms. The fraction of sp³-hybridized carbons (Fsp3) is 0.565. The molecular formula is C23H31N7O. The molecule has 0 bridgehead atoms. The zero-order chi connectivity index (χ0) is 21.8. The number of piperazine rings is 1. The maximum Gasteiger partial charge on any atom is 0.224 e. The number of anilines is 1. The van der Waals surface area contributed by atoms with Crippen LogP contribution in [0.5, 0.6) is 0 Å². The van der Waals surface area contributed by atoms with Crippen LogP contribution in [0.1, 0.15) is 18.9 Å². The van der Waals surface area contributed by atoms with Gasteiger partial charge < -0.3 is 15.1 Å². The van der Waals surface area contributed by atoms with Crippen molar-refractivity contribution >= 4 is 22.6 Å². The van der Waals surface area contributed by atoms with Crippen molar-refractivity contribution in [2.75, 3.05) is 64.3 Å². The zero-order valence-electron chi connectivity index (χ0n) is 18.4. The number of nitriles is 1. The van der Waals surface area contributed by atoms with Crippen LogP contribution in [0.4, 0.5) is 5.69 Å². The van der Waals surface area contributed by atoms with E-state index in [9.17, 15) is 10.1 Å². The van der Waals surface area contributed by atoms with Gasteiger partial charge in [0, 0.05) is 64.8 Å². The molecule has 2 atom stereocenters. The average Bonchev–Trinajstić information content (AvgIpc) is 2.79. The SMILES string of the molecule is C[C@@H]1C[C@H](C(=O)NCCN2CCN(C)CC2)CN(c2ccc(C#N)c3nccnc23)C1. The van der Waals surface area contributed by atoms with Crippen molar-refractivity contribution in [1.82, 2.24) is 25.1 Å². The number of hydrogen-bond donors (Lipinski definition) is 1. The van der Waals surface area contributed by atoms with Gasteiger partial charge in [0.1, 0.15) is 17.1 Å². The number of rotatable bonds is 5. The predicted octanol–water partition coefficient (Wildman–Crippen LogP) is 1.33. The first-order valence-electron chi connectivity index (χ1n) is 11.1. The standard InChI is InChI=1S/C23H31N7O/c1-17-13-19(23(31)27-7-8-29-11-9-28(2)10-12-29)16-30(15-17)20-4-3-18(14-24)21-22(20)26-6-5-25-21/h3-6,17,19H,7-13,15-16H2,1-2H3,(H,27,31)/t17-,19+/m1/s1. The van der Waals surface area contributed by atoms with E-state index in [1.54, 1.807) is 18.5 Å². The van der Waals surface area contributed by atoms with E-state index >= 15 is 0 Å². The molecule has 2 aromatic rings. The summed E-state index contributed by atoms with van der Waals surface area (Å²) in [4.78, 5) is 28.8. The largest absolute Gasteiger partial charge is 0.369 e. The molecule has 8 heteroatoms. The molecule has 0 saturated carbocycles. The molecule has 2 fully saturated rings. The van der Waals surface area contributed by atoms with Gasteiger partial charge in [-0.3, -0.25) is 19.7 Å². The summed E-state index contributed by atoms with van der Waals surface area (Å²) >= 11 is 0. The lowest BCUT2D eigenvalue weighted by Gasteiger charge is -2.37. The quantitative estimate of drug-likeness (QED) is 0.779. The number of carbonyl (C=O) groups excluding carboxylic acids is 1. The highest BCUT2D eigenvalue weighted by Crippen LogP contribution is 2.31. The van der Waals surface area contributed by atoms with Crippen molar-refractivity contribution in [3.05, 3.63) is 30.1 Å². The minimum Gasteiger partial charge on any atom is -0.369 e. The fourth-order valence-corrected chi connectivity index (χ4v) is 4.68. The lowest BCUT2D eigenvalue weighted by Crippen LogP contribution is -2.49. The van der Waals surface area contributed by atoms with Crippen LogP contribution in [-0.4, -0.2) is 85.1 Å². The first kappa shape index (κ1) is 21.5. The molecule has 164 valence electrons. The minimum atomic E-state index is -0.0568. The molecule has 3 heterocycles. The normalized spacial score (nSPS) is 22.9. The Morgan fingerprint density at radius 2 is 1.90 bits per heavy atom. The Morgan fingerprint density at radius 1 is 1.16 bits per heavy atom. The fourth-order valence-electron chi connectivity index (χ4n) is 4.68. The average molecular weight is 422 g/mol. The number of likely N-dealkylation sites (N-methyl/N-ethyl adjacent to an activating group) is 1. The van der Waals surface area contributed by atoms with Crippen LogP contribution in [0.3, 0.4) is 0 Å². The molecule has 0 unspecified atom stereocenters. The first-order valence-corrected chi connectivity index (χ1v) is 11.1. The molecule has 0 radical (unpaired) electrons. The Kier molecular flexibility index (Phi) is 6.64. The van der Waals surface area contributed by atoms with Crippen LogP contribution in [0.15, 0.2) is 24.5 Å². The summed E-state index contributed by atoms with van der Waals surface area (Å²) in [6.07, 6.45) is 4.15. The van der Waals surface area contributed by atoms with Crippen molar-refractivity contribution in [1.29, 1.82) is 5.26 Å². The van der Waals surface area contributed by atoms with E-state index in [1.165, 1.54) is 0 Å². The summed E-state index contributed by atoms with van der Waals surface area (Å²) in [5.74, 6) is 0.470. The van der Waals surface area contributed by atoms with E-state index in [1.807, 2.05) is 6.07 Å². The van der Waals surface area contributed by atoms with Gasteiger partial charge in [0.15, 0.2) is 0 Å². The number of fused-ring (bicyclic) bond motifs is 1. The Bertz CT molecular complexity index is 964. The second kappa shape index (κ2) is 9.58. The Labute approximate surface area is 183 Å². The maximum absolute atomic E-state index is 12.9. The molecule has 2 saturated heterocycles. The summed E-state index contributed by atoms with van der Waals surface area (Å²) in [6.45, 7) is 9.61. The number of hydrogen-bond acceptors (Lipinski definition) is 7. The molecule has 0 aliphatic carbocycles. The highest BCUT2D eigenvalue weighted by atomic mass is 16.1. The van der Waals surface area contributed by atoms with Gasteiger partial charge in [0.2, 0.25) is 5.91 Å². The second-order valence-corrected chi connectivity index (χ2v) is 8.88. The van der Waals surface area contributed by atoms with Crippen molar-refractivity contribution in [3.63, 3.8) is 0 Å². The minimum absolute atomic E-state index is 0.0568. The van der Waals surface area contributed by atoms with Gasteiger partial charge in [-0.15, -0.1) is 0 Å². The smallest absolute Gasteiger partial charge is 0.224 e. The number of nitrogens with zero attached hydrogens (tertiary/aromatic N) is 6. The maximum atomic E-state index is 12.9. The third kappa shape index (κ3) is 4.94. The zero-order valence-corrected chi connectivity index (χ0v) is 18.4. The predicted molar refractivity (Wildman–Crippen MR) is 121 cm³/mol. The van der Waals surface area contributed by atoms with Crippen LogP contribution in [-0.2, 0) is 4.79 Å². The van der Waals surface area contributed by atoms with E-state index in [4.69, 9.17) is 0 Å². The van der Waals surface area contributed by atoms with Crippen LogP contribution < -0.4 is 10.2 Å².